The summed E-state index contributed by atoms with van der Waals surface area (Å²) in [4.78, 5) is 0. The van der Waals surface area contributed by atoms with Gasteiger partial charge in [0, 0.05) is 0 Å². The highest BCUT2D eigenvalue weighted by Gasteiger charge is 2.51. The van der Waals surface area contributed by atoms with Gasteiger partial charge in [-0.05, 0) is 35.4 Å². The van der Waals surface area contributed by atoms with Crippen molar-refractivity contribution in [1.29, 1.82) is 0 Å². The molecule has 0 amide bonds. The Morgan fingerprint density at radius 2 is 1.73 bits per heavy atom. The van der Waals surface area contributed by atoms with Crippen molar-refractivity contribution in [1.82, 2.24) is 0 Å². The van der Waals surface area contributed by atoms with E-state index in [1.165, 1.54) is 0 Å². The summed E-state index contributed by atoms with van der Waals surface area (Å²) in [5.74, 6) is 0.741. The molecule has 0 aliphatic carbocycles. The van der Waals surface area contributed by atoms with E-state index in [1.807, 2.05) is 54.6 Å². The molecule has 0 fully saturated rings. The first-order valence-electron chi connectivity index (χ1n) is 6.99. The van der Waals surface area contributed by atoms with Crippen molar-refractivity contribution in [2.45, 2.75) is 18.1 Å². The van der Waals surface area contributed by atoms with Gasteiger partial charge in [0.15, 0.2) is 5.54 Å². The van der Waals surface area contributed by atoms with Crippen LogP contribution in [-0.4, -0.2) is 18.4 Å². The van der Waals surface area contributed by atoms with Gasteiger partial charge in [0.05, 0.1) is 13.3 Å². The molecule has 0 spiro atoms. The average molecular weight is 295 g/mol. The molecule has 2 aromatic carbocycles. The van der Waals surface area contributed by atoms with Crippen molar-refractivity contribution in [3.8, 4) is 5.75 Å². The number of nitrogens with zero attached hydrogens (tertiary/aromatic N) is 3. The molecule has 1 heterocycles. The van der Waals surface area contributed by atoms with Crippen molar-refractivity contribution >= 4 is 6.21 Å². The summed E-state index contributed by atoms with van der Waals surface area (Å²) in [5.41, 5.74) is -0.794. The Balaban J connectivity index is 2.12. The Morgan fingerprint density at radius 1 is 1.05 bits per heavy atom. The van der Waals surface area contributed by atoms with Crippen molar-refractivity contribution in [3.05, 3.63) is 65.7 Å². The van der Waals surface area contributed by atoms with Gasteiger partial charge in [0.2, 0.25) is 0 Å². The third kappa shape index (κ3) is 2.10. The van der Waals surface area contributed by atoms with Gasteiger partial charge in [-0.25, -0.2) is 0 Å². The number of aliphatic hydroxyl groups is 1. The fraction of sp³-hybridized carbons (Fsp3) is 0.235. The minimum atomic E-state index is -1.29. The molecule has 112 valence electrons. The summed E-state index contributed by atoms with van der Waals surface area (Å²) in [6, 6.07) is 16.8. The Labute approximate surface area is 129 Å². The average Bonchev–Trinajstić information content (AvgIpc) is 3.07. The van der Waals surface area contributed by atoms with Crippen LogP contribution >= 0.6 is 0 Å². The van der Waals surface area contributed by atoms with E-state index >= 15 is 0 Å². The molecule has 3 rings (SSSR count). The maximum absolute atomic E-state index is 11.2. The molecule has 22 heavy (non-hydrogen) atoms. The topological polar surface area (TPSA) is 66.5 Å². The second-order valence-electron chi connectivity index (χ2n) is 5.37. The predicted molar refractivity (Wildman–Crippen MR) is 84.0 cm³/mol. The van der Waals surface area contributed by atoms with Gasteiger partial charge in [-0.3, -0.25) is 0 Å². The lowest BCUT2D eigenvalue weighted by Gasteiger charge is -2.37. The van der Waals surface area contributed by atoms with Crippen LogP contribution in [0.4, 0.5) is 0 Å². The summed E-state index contributed by atoms with van der Waals surface area (Å²) in [6.45, 7) is 1.73. The van der Waals surface area contributed by atoms with E-state index in [0.29, 0.717) is 0 Å². The lowest BCUT2D eigenvalue weighted by atomic mass is 9.73. The Morgan fingerprint density at radius 3 is 2.27 bits per heavy atom. The van der Waals surface area contributed by atoms with Crippen LogP contribution in [0, 0.1) is 0 Å². The smallest absolute Gasteiger partial charge is 0.178 e. The molecule has 1 aliphatic rings. The zero-order valence-corrected chi connectivity index (χ0v) is 12.5. The lowest BCUT2D eigenvalue weighted by Crippen LogP contribution is -2.46. The molecule has 2 atom stereocenters. The summed E-state index contributed by atoms with van der Waals surface area (Å²) in [6.07, 6.45) is 1.59. The molecule has 0 saturated heterocycles. The van der Waals surface area contributed by atoms with Crippen LogP contribution in [0.2, 0.25) is 0 Å². The first kappa shape index (κ1) is 14.4. The van der Waals surface area contributed by atoms with Crippen molar-refractivity contribution < 1.29 is 9.84 Å². The van der Waals surface area contributed by atoms with Crippen LogP contribution in [0.3, 0.4) is 0 Å². The summed E-state index contributed by atoms with van der Waals surface area (Å²) in [5, 5.41) is 23.1. The molecule has 5 heteroatoms. The Hall–Kier alpha value is -2.53. The van der Waals surface area contributed by atoms with Crippen molar-refractivity contribution in [2.24, 2.45) is 15.4 Å². The molecular weight excluding hydrogens is 278 g/mol. The summed E-state index contributed by atoms with van der Waals surface area (Å²) < 4.78 is 5.18. The van der Waals surface area contributed by atoms with Gasteiger partial charge in [0.1, 0.15) is 11.4 Å². The molecule has 5 nitrogen and oxygen atoms in total. The molecule has 1 aliphatic heterocycles. The number of hydrogen-bond acceptors (Lipinski definition) is 5. The minimum absolute atomic E-state index is 0.741. The normalized spacial score (nSPS) is 22.5. The second-order valence-corrected chi connectivity index (χ2v) is 5.37. The molecule has 0 aromatic heterocycles. The van der Waals surface area contributed by atoms with Crippen LogP contribution in [0.25, 0.3) is 0 Å². The monoisotopic (exact) mass is 295 g/mol. The first-order valence-corrected chi connectivity index (χ1v) is 6.99. The highest BCUT2D eigenvalue weighted by atomic mass is 16.5. The molecule has 1 N–H and O–H groups in total. The molecular formula is C17H17N3O2. The SMILES string of the molecule is COc1ccc(C2(C(C)(O)c3ccccc3)C=NN=N2)cc1. The number of hydrogen-bond donors (Lipinski definition) is 1. The van der Waals surface area contributed by atoms with E-state index in [-0.39, 0.29) is 0 Å². The van der Waals surface area contributed by atoms with Crippen LogP contribution in [0.5, 0.6) is 5.75 Å². The molecule has 0 saturated carbocycles. The fourth-order valence-electron chi connectivity index (χ4n) is 2.70. The van der Waals surface area contributed by atoms with E-state index in [0.717, 1.165) is 16.9 Å². The summed E-state index contributed by atoms with van der Waals surface area (Å²) >= 11 is 0. The zero-order chi connectivity index (χ0) is 15.6. The minimum Gasteiger partial charge on any atom is -0.497 e. The number of benzene rings is 2. The highest BCUT2D eigenvalue weighted by molar-refractivity contribution is 5.77. The maximum Gasteiger partial charge on any atom is 0.178 e. The first-order chi connectivity index (χ1) is 10.6. The highest BCUT2D eigenvalue weighted by Crippen LogP contribution is 2.44. The second kappa shape index (κ2) is 5.35. The third-order valence-corrected chi connectivity index (χ3v) is 4.11. The zero-order valence-electron chi connectivity index (χ0n) is 12.5. The van der Waals surface area contributed by atoms with Gasteiger partial charge >= 0.3 is 0 Å². The van der Waals surface area contributed by atoms with E-state index in [1.54, 1.807) is 20.2 Å². The largest absolute Gasteiger partial charge is 0.497 e. The van der Waals surface area contributed by atoms with E-state index < -0.39 is 11.1 Å². The van der Waals surface area contributed by atoms with Crippen molar-refractivity contribution in [3.63, 3.8) is 0 Å². The molecule has 2 aromatic rings. The van der Waals surface area contributed by atoms with Gasteiger partial charge in [-0.2, -0.15) is 0 Å². The standard InChI is InChI=1S/C17H17N3O2/c1-16(21,13-6-4-3-5-7-13)17(12-18-20-19-17)14-8-10-15(22-2)11-9-14/h3-12,21H,1-2H3. The maximum atomic E-state index is 11.2. The van der Waals surface area contributed by atoms with Crippen LogP contribution in [-0.2, 0) is 11.1 Å². The third-order valence-electron chi connectivity index (χ3n) is 4.11. The molecule has 0 radical (unpaired) electrons. The Bertz CT molecular complexity index is 694. The fourth-order valence-corrected chi connectivity index (χ4v) is 2.70. The van der Waals surface area contributed by atoms with Gasteiger partial charge in [-0.15, -0.1) is 10.2 Å². The predicted octanol–water partition coefficient (Wildman–Crippen LogP) is 3.25. The Kier molecular flexibility index (Phi) is 3.50. The van der Waals surface area contributed by atoms with E-state index in [4.69, 9.17) is 4.74 Å². The van der Waals surface area contributed by atoms with Gasteiger partial charge in [0.25, 0.3) is 0 Å². The number of ether oxygens (including phenoxy) is 1. The van der Waals surface area contributed by atoms with Crippen LogP contribution in [0.1, 0.15) is 18.1 Å². The molecule has 0 bridgehead atoms. The number of methoxy groups -OCH3 is 1. The van der Waals surface area contributed by atoms with Crippen LogP contribution < -0.4 is 4.74 Å². The molecule has 2 unspecified atom stereocenters. The summed E-state index contributed by atoms with van der Waals surface area (Å²) in [7, 11) is 1.61. The van der Waals surface area contributed by atoms with Crippen molar-refractivity contribution in [2.75, 3.05) is 7.11 Å². The quantitative estimate of drug-likeness (QED) is 0.940. The lowest BCUT2D eigenvalue weighted by molar-refractivity contribution is 0.00532. The van der Waals surface area contributed by atoms with E-state index in [2.05, 4.69) is 15.4 Å². The number of rotatable bonds is 4. The van der Waals surface area contributed by atoms with Gasteiger partial charge in [-0.1, -0.05) is 42.5 Å². The van der Waals surface area contributed by atoms with Crippen LogP contribution in [0.15, 0.2) is 70.0 Å². The van der Waals surface area contributed by atoms with Gasteiger partial charge < -0.3 is 9.84 Å². The van der Waals surface area contributed by atoms with E-state index in [9.17, 15) is 5.11 Å².